The van der Waals surface area contributed by atoms with Crippen molar-refractivity contribution in [1.29, 1.82) is 0 Å². The van der Waals surface area contributed by atoms with Crippen LogP contribution < -0.4 is 5.73 Å². The minimum atomic E-state index is -0.0363. The molecule has 1 atom stereocenters. The van der Waals surface area contributed by atoms with Crippen LogP contribution in [0.5, 0.6) is 0 Å². The summed E-state index contributed by atoms with van der Waals surface area (Å²) in [7, 11) is 0. The number of ether oxygens (including phenoxy) is 1. The van der Waals surface area contributed by atoms with Crippen LogP contribution in [-0.4, -0.2) is 23.0 Å². The average Bonchev–Trinajstić information content (AvgIpc) is 2.60. The van der Waals surface area contributed by atoms with E-state index in [4.69, 9.17) is 10.5 Å². The summed E-state index contributed by atoms with van der Waals surface area (Å²) in [4.78, 5) is 0. The van der Waals surface area contributed by atoms with Gasteiger partial charge >= 0.3 is 0 Å². The Morgan fingerprint density at radius 3 is 2.81 bits per heavy atom. The van der Waals surface area contributed by atoms with Crippen molar-refractivity contribution >= 4 is 15.9 Å². The summed E-state index contributed by atoms with van der Waals surface area (Å²) < 4.78 is 8.25. The number of hydrogen-bond acceptors (Lipinski definition) is 3. The summed E-state index contributed by atoms with van der Waals surface area (Å²) in [6, 6.07) is 0.283. The van der Waals surface area contributed by atoms with Crippen LogP contribution in [0.25, 0.3) is 0 Å². The standard InChI is InChI=1S/C11H20BrN3O/c1-4-16-6-5-10(13)11-9(12)7-14-15(11)8(2)3/h7-8,10H,4-6,13H2,1-3H3. The number of aromatic nitrogens is 2. The van der Waals surface area contributed by atoms with Crippen LogP contribution in [0.1, 0.15) is 45.0 Å². The van der Waals surface area contributed by atoms with E-state index in [-0.39, 0.29) is 6.04 Å². The number of hydrogen-bond donors (Lipinski definition) is 1. The maximum atomic E-state index is 6.15. The number of halogens is 1. The van der Waals surface area contributed by atoms with Gasteiger partial charge in [0.1, 0.15) is 0 Å². The molecule has 1 heterocycles. The largest absolute Gasteiger partial charge is 0.382 e. The third-order valence-corrected chi connectivity index (χ3v) is 3.02. The van der Waals surface area contributed by atoms with Crippen LogP contribution in [-0.2, 0) is 4.74 Å². The number of rotatable bonds is 6. The average molecular weight is 290 g/mol. The first-order chi connectivity index (χ1) is 7.57. The Bertz CT molecular complexity index is 325. The highest BCUT2D eigenvalue weighted by Gasteiger charge is 2.17. The predicted octanol–water partition coefficient (Wildman–Crippen LogP) is 2.65. The second-order valence-electron chi connectivity index (χ2n) is 4.01. The Morgan fingerprint density at radius 1 is 1.56 bits per heavy atom. The molecule has 0 radical (unpaired) electrons. The van der Waals surface area contributed by atoms with Gasteiger partial charge in [0.25, 0.3) is 0 Å². The second-order valence-corrected chi connectivity index (χ2v) is 4.86. The quantitative estimate of drug-likeness (QED) is 0.819. The second kappa shape index (κ2) is 6.37. The maximum Gasteiger partial charge on any atom is 0.0697 e. The molecule has 2 N–H and O–H groups in total. The van der Waals surface area contributed by atoms with Gasteiger partial charge < -0.3 is 10.5 Å². The van der Waals surface area contributed by atoms with Crippen molar-refractivity contribution in [2.45, 2.75) is 39.3 Å². The summed E-state index contributed by atoms with van der Waals surface area (Å²) in [5.41, 5.74) is 7.20. The minimum Gasteiger partial charge on any atom is -0.382 e. The van der Waals surface area contributed by atoms with E-state index in [2.05, 4.69) is 34.9 Å². The molecule has 4 nitrogen and oxygen atoms in total. The number of nitrogens with two attached hydrogens (primary N) is 1. The molecule has 0 aromatic carbocycles. The molecule has 0 aliphatic rings. The van der Waals surface area contributed by atoms with E-state index >= 15 is 0 Å². The minimum absolute atomic E-state index is 0.0363. The van der Waals surface area contributed by atoms with E-state index in [1.54, 1.807) is 6.20 Å². The summed E-state index contributed by atoms with van der Waals surface area (Å²) in [5.74, 6) is 0. The Morgan fingerprint density at radius 2 is 2.25 bits per heavy atom. The smallest absolute Gasteiger partial charge is 0.0697 e. The van der Waals surface area contributed by atoms with E-state index in [9.17, 15) is 0 Å². The van der Waals surface area contributed by atoms with Gasteiger partial charge in [0, 0.05) is 19.3 Å². The number of nitrogens with zero attached hydrogens (tertiary/aromatic N) is 2. The lowest BCUT2D eigenvalue weighted by Crippen LogP contribution is -2.19. The van der Waals surface area contributed by atoms with Crippen molar-refractivity contribution in [2.24, 2.45) is 5.73 Å². The van der Waals surface area contributed by atoms with Gasteiger partial charge in [0.2, 0.25) is 0 Å². The zero-order chi connectivity index (χ0) is 12.1. The third kappa shape index (κ3) is 3.30. The van der Waals surface area contributed by atoms with Crippen molar-refractivity contribution in [3.05, 3.63) is 16.4 Å². The summed E-state index contributed by atoms with van der Waals surface area (Å²) in [6.45, 7) is 7.60. The van der Waals surface area contributed by atoms with Gasteiger partial charge in [-0.1, -0.05) is 0 Å². The van der Waals surface area contributed by atoms with Crippen LogP contribution in [0, 0.1) is 0 Å². The van der Waals surface area contributed by atoms with Gasteiger partial charge in [-0.05, 0) is 43.1 Å². The molecular weight excluding hydrogens is 270 g/mol. The zero-order valence-corrected chi connectivity index (χ0v) is 11.7. The monoisotopic (exact) mass is 289 g/mol. The van der Waals surface area contributed by atoms with E-state index in [0.29, 0.717) is 12.6 Å². The van der Waals surface area contributed by atoms with Gasteiger partial charge in [-0.25, -0.2) is 0 Å². The van der Waals surface area contributed by atoms with Crippen LogP contribution in [0.2, 0.25) is 0 Å². The fourth-order valence-electron chi connectivity index (χ4n) is 1.60. The van der Waals surface area contributed by atoms with Crippen molar-refractivity contribution in [3.8, 4) is 0 Å². The molecule has 1 aromatic rings. The molecule has 0 saturated carbocycles. The highest BCUT2D eigenvalue weighted by Crippen LogP contribution is 2.26. The van der Waals surface area contributed by atoms with Gasteiger partial charge in [-0.2, -0.15) is 5.10 Å². The molecule has 92 valence electrons. The van der Waals surface area contributed by atoms with Crippen LogP contribution in [0.4, 0.5) is 0 Å². The van der Waals surface area contributed by atoms with Crippen molar-refractivity contribution in [2.75, 3.05) is 13.2 Å². The van der Waals surface area contributed by atoms with Gasteiger partial charge in [-0.3, -0.25) is 4.68 Å². The summed E-state index contributed by atoms with van der Waals surface area (Å²) in [5, 5.41) is 4.31. The fraction of sp³-hybridized carbons (Fsp3) is 0.727. The highest BCUT2D eigenvalue weighted by atomic mass is 79.9. The third-order valence-electron chi connectivity index (χ3n) is 2.40. The maximum absolute atomic E-state index is 6.15. The predicted molar refractivity (Wildman–Crippen MR) is 68.4 cm³/mol. The van der Waals surface area contributed by atoms with Crippen molar-refractivity contribution in [1.82, 2.24) is 9.78 Å². The van der Waals surface area contributed by atoms with E-state index in [0.717, 1.165) is 23.2 Å². The lowest BCUT2D eigenvalue weighted by molar-refractivity contribution is 0.139. The first kappa shape index (κ1) is 13.7. The van der Waals surface area contributed by atoms with Gasteiger partial charge in [-0.15, -0.1) is 0 Å². The molecule has 1 rings (SSSR count). The van der Waals surface area contributed by atoms with E-state index in [1.807, 2.05) is 11.6 Å². The molecule has 0 aliphatic heterocycles. The van der Waals surface area contributed by atoms with Crippen LogP contribution in [0.3, 0.4) is 0 Å². The van der Waals surface area contributed by atoms with E-state index in [1.165, 1.54) is 0 Å². The molecule has 0 fully saturated rings. The molecule has 0 saturated heterocycles. The Hall–Kier alpha value is -0.390. The summed E-state index contributed by atoms with van der Waals surface area (Å²) >= 11 is 3.49. The van der Waals surface area contributed by atoms with Gasteiger partial charge in [0.05, 0.1) is 22.4 Å². The Labute approximate surface area is 105 Å². The molecule has 0 bridgehead atoms. The first-order valence-electron chi connectivity index (χ1n) is 5.64. The fourth-order valence-corrected chi connectivity index (χ4v) is 2.17. The summed E-state index contributed by atoms with van der Waals surface area (Å²) in [6.07, 6.45) is 2.61. The van der Waals surface area contributed by atoms with Crippen LogP contribution in [0.15, 0.2) is 10.7 Å². The molecular formula is C11H20BrN3O. The molecule has 0 amide bonds. The molecule has 0 spiro atoms. The SMILES string of the molecule is CCOCCC(N)c1c(Br)cnn1C(C)C. The van der Waals surface area contributed by atoms with Gasteiger partial charge in [0.15, 0.2) is 0 Å². The normalized spacial score (nSPS) is 13.4. The lowest BCUT2D eigenvalue weighted by Gasteiger charge is -2.17. The van der Waals surface area contributed by atoms with Crippen molar-refractivity contribution < 1.29 is 4.74 Å². The Balaban J connectivity index is 2.73. The molecule has 1 unspecified atom stereocenters. The topological polar surface area (TPSA) is 53.1 Å². The molecule has 5 heteroatoms. The van der Waals surface area contributed by atoms with Crippen molar-refractivity contribution in [3.63, 3.8) is 0 Å². The van der Waals surface area contributed by atoms with E-state index < -0.39 is 0 Å². The highest BCUT2D eigenvalue weighted by molar-refractivity contribution is 9.10. The lowest BCUT2D eigenvalue weighted by atomic mass is 10.1. The molecule has 16 heavy (non-hydrogen) atoms. The molecule has 0 aliphatic carbocycles. The van der Waals surface area contributed by atoms with Crippen LogP contribution >= 0.6 is 15.9 Å². The zero-order valence-electron chi connectivity index (χ0n) is 10.1. The Kier molecular flexibility index (Phi) is 5.44. The first-order valence-corrected chi connectivity index (χ1v) is 6.43. The molecule has 1 aromatic heterocycles.